The average Bonchev–Trinajstić information content (AvgIpc) is 2.48. The van der Waals surface area contributed by atoms with Crippen LogP contribution in [0.1, 0.15) is 5.56 Å². The van der Waals surface area contributed by atoms with E-state index >= 15 is 0 Å². The van der Waals surface area contributed by atoms with E-state index in [-0.39, 0.29) is 5.75 Å². The molecule has 22 heavy (non-hydrogen) atoms. The Labute approximate surface area is 142 Å². The number of benzene rings is 2. The number of hydrogen-bond acceptors (Lipinski definition) is 3. The topological polar surface area (TPSA) is 43.4 Å². The number of hydrogen-bond donors (Lipinski definition) is 0. The highest BCUT2D eigenvalue weighted by Gasteiger charge is 2.22. The molecule has 114 valence electrons. The standard InChI is InChI=1S/C16H12BrClO3S/c17-12-1-4-14(5-2-12)22(19,20)10-11-7-8-21-16-6-3-13(18)9-15(11)16/h1-7,9H,8,10H2. The summed E-state index contributed by atoms with van der Waals surface area (Å²) in [6.45, 7) is 0.361. The molecule has 0 saturated heterocycles. The summed E-state index contributed by atoms with van der Waals surface area (Å²) in [6, 6.07) is 11.9. The van der Waals surface area contributed by atoms with Gasteiger partial charge in [0, 0.05) is 15.1 Å². The van der Waals surface area contributed by atoms with Crippen LogP contribution >= 0.6 is 27.5 Å². The first-order valence-electron chi connectivity index (χ1n) is 6.56. The fourth-order valence-electron chi connectivity index (χ4n) is 2.29. The zero-order valence-electron chi connectivity index (χ0n) is 11.4. The highest BCUT2D eigenvalue weighted by atomic mass is 79.9. The molecular formula is C16H12BrClO3S. The van der Waals surface area contributed by atoms with Gasteiger partial charge in [-0.1, -0.05) is 27.5 Å². The molecule has 0 saturated carbocycles. The Hall–Kier alpha value is -1.30. The Morgan fingerprint density at radius 2 is 1.86 bits per heavy atom. The van der Waals surface area contributed by atoms with E-state index in [1.165, 1.54) is 0 Å². The molecule has 0 unspecified atom stereocenters. The molecule has 0 atom stereocenters. The highest BCUT2D eigenvalue weighted by Crippen LogP contribution is 2.33. The van der Waals surface area contributed by atoms with Gasteiger partial charge in [-0.3, -0.25) is 0 Å². The van der Waals surface area contributed by atoms with Crippen LogP contribution in [0, 0.1) is 0 Å². The molecule has 0 aliphatic carbocycles. The van der Waals surface area contributed by atoms with Crippen molar-refractivity contribution < 1.29 is 13.2 Å². The monoisotopic (exact) mass is 398 g/mol. The zero-order valence-corrected chi connectivity index (χ0v) is 14.6. The van der Waals surface area contributed by atoms with Crippen molar-refractivity contribution >= 4 is 42.9 Å². The van der Waals surface area contributed by atoms with Gasteiger partial charge in [0.1, 0.15) is 12.4 Å². The van der Waals surface area contributed by atoms with Gasteiger partial charge in [0.2, 0.25) is 0 Å². The maximum Gasteiger partial charge on any atom is 0.182 e. The van der Waals surface area contributed by atoms with Crippen LogP contribution in [0.25, 0.3) is 5.57 Å². The minimum absolute atomic E-state index is 0.0780. The second kappa shape index (κ2) is 6.07. The first-order valence-corrected chi connectivity index (χ1v) is 9.38. The Kier molecular flexibility index (Phi) is 4.30. The molecule has 2 aromatic rings. The van der Waals surface area contributed by atoms with Crippen LogP contribution in [0.4, 0.5) is 0 Å². The van der Waals surface area contributed by atoms with Crippen LogP contribution in [0.3, 0.4) is 0 Å². The smallest absolute Gasteiger partial charge is 0.182 e. The quantitative estimate of drug-likeness (QED) is 0.770. The molecule has 0 fully saturated rings. The van der Waals surface area contributed by atoms with Crippen LogP contribution < -0.4 is 4.74 Å². The lowest BCUT2D eigenvalue weighted by Gasteiger charge is -2.19. The minimum atomic E-state index is -3.42. The summed E-state index contributed by atoms with van der Waals surface area (Å²) in [7, 11) is -3.42. The van der Waals surface area contributed by atoms with Crippen molar-refractivity contribution in [2.45, 2.75) is 4.90 Å². The Morgan fingerprint density at radius 3 is 2.59 bits per heavy atom. The predicted octanol–water partition coefficient (Wildman–Crippen LogP) is 4.35. The van der Waals surface area contributed by atoms with Crippen molar-refractivity contribution in [2.24, 2.45) is 0 Å². The van der Waals surface area contributed by atoms with Crippen molar-refractivity contribution in [2.75, 3.05) is 12.4 Å². The summed E-state index contributed by atoms with van der Waals surface area (Å²) < 4.78 is 31.5. The normalized spacial score (nSPS) is 14.0. The van der Waals surface area contributed by atoms with E-state index < -0.39 is 9.84 Å². The fraction of sp³-hybridized carbons (Fsp3) is 0.125. The highest BCUT2D eigenvalue weighted by molar-refractivity contribution is 9.10. The zero-order chi connectivity index (χ0) is 15.7. The van der Waals surface area contributed by atoms with Gasteiger partial charge >= 0.3 is 0 Å². The summed E-state index contributed by atoms with van der Waals surface area (Å²) in [6.07, 6.45) is 1.79. The van der Waals surface area contributed by atoms with Crippen LogP contribution in [0.5, 0.6) is 5.75 Å². The summed E-state index contributed by atoms with van der Waals surface area (Å²) >= 11 is 9.31. The molecular weight excluding hydrogens is 388 g/mol. The SMILES string of the molecule is O=S(=O)(CC1=CCOc2ccc(Cl)cc21)c1ccc(Br)cc1. The first-order chi connectivity index (χ1) is 10.5. The molecule has 0 bridgehead atoms. The van der Waals surface area contributed by atoms with E-state index in [2.05, 4.69) is 15.9 Å². The van der Waals surface area contributed by atoms with Crippen molar-refractivity contribution in [3.8, 4) is 5.75 Å². The third-order valence-electron chi connectivity index (χ3n) is 3.37. The lowest BCUT2D eigenvalue weighted by Crippen LogP contribution is -2.13. The van der Waals surface area contributed by atoms with Crippen molar-refractivity contribution in [1.82, 2.24) is 0 Å². The molecule has 1 aliphatic rings. The van der Waals surface area contributed by atoms with Crippen LogP contribution in [-0.2, 0) is 9.84 Å². The molecule has 3 nitrogen and oxygen atoms in total. The van der Waals surface area contributed by atoms with E-state index in [1.807, 2.05) is 0 Å². The Bertz CT molecular complexity index is 842. The molecule has 0 amide bonds. The molecule has 6 heteroatoms. The lowest BCUT2D eigenvalue weighted by atomic mass is 10.0. The van der Waals surface area contributed by atoms with Crippen molar-refractivity contribution in [3.05, 3.63) is 63.6 Å². The molecule has 0 N–H and O–H groups in total. The van der Waals surface area contributed by atoms with Gasteiger partial charge in [-0.25, -0.2) is 8.42 Å². The molecule has 3 rings (SSSR count). The van der Waals surface area contributed by atoms with E-state index in [0.717, 1.165) is 10.0 Å². The van der Waals surface area contributed by atoms with Gasteiger partial charge in [0.15, 0.2) is 9.84 Å². The van der Waals surface area contributed by atoms with Crippen molar-refractivity contribution in [3.63, 3.8) is 0 Å². The predicted molar refractivity (Wildman–Crippen MR) is 91.1 cm³/mol. The van der Waals surface area contributed by atoms with Crippen LogP contribution in [0.15, 0.2) is 57.9 Å². The summed E-state index contributed by atoms with van der Waals surface area (Å²) in [5.74, 6) is 0.582. The van der Waals surface area contributed by atoms with Gasteiger partial charge in [-0.2, -0.15) is 0 Å². The summed E-state index contributed by atoms with van der Waals surface area (Å²) in [4.78, 5) is 0.298. The molecule has 0 aromatic heterocycles. The number of halogens is 2. The van der Waals surface area contributed by atoms with E-state index in [4.69, 9.17) is 16.3 Å². The van der Waals surface area contributed by atoms with Crippen molar-refractivity contribution in [1.29, 1.82) is 0 Å². The third kappa shape index (κ3) is 3.21. The van der Waals surface area contributed by atoms with Gasteiger partial charge in [-0.15, -0.1) is 0 Å². The van der Waals surface area contributed by atoms with E-state index in [9.17, 15) is 8.42 Å². The molecule has 1 aliphatic heterocycles. The second-order valence-corrected chi connectivity index (χ2v) is 8.24. The third-order valence-corrected chi connectivity index (χ3v) is 5.82. The van der Waals surface area contributed by atoms with Crippen LogP contribution in [-0.4, -0.2) is 20.8 Å². The largest absolute Gasteiger partial charge is 0.489 e. The van der Waals surface area contributed by atoms with Gasteiger partial charge in [0.25, 0.3) is 0 Å². The second-order valence-electron chi connectivity index (χ2n) is 4.89. The molecule has 2 aromatic carbocycles. The Morgan fingerprint density at radius 1 is 1.14 bits per heavy atom. The summed E-state index contributed by atoms with van der Waals surface area (Å²) in [5, 5.41) is 0.552. The minimum Gasteiger partial charge on any atom is -0.489 e. The fourth-order valence-corrected chi connectivity index (χ4v) is 4.12. The summed E-state index contributed by atoms with van der Waals surface area (Å²) in [5.41, 5.74) is 1.45. The van der Waals surface area contributed by atoms with Crippen LogP contribution in [0.2, 0.25) is 5.02 Å². The number of ether oxygens (including phenoxy) is 1. The lowest BCUT2D eigenvalue weighted by molar-refractivity contribution is 0.357. The van der Waals surface area contributed by atoms with E-state index in [1.54, 1.807) is 48.5 Å². The van der Waals surface area contributed by atoms with Gasteiger partial charge in [0.05, 0.1) is 10.6 Å². The van der Waals surface area contributed by atoms with Gasteiger partial charge in [-0.05, 0) is 54.1 Å². The number of sulfone groups is 1. The average molecular weight is 400 g/mol. The maximum atomic E-state index is 12.6. The molecule has 0 spiro atoms. The van der Waals surface area contributed by atoms with E-state index in [0.29, 0.717) is 27.8 Å². The Balaban J connectivity index is 1.95. The molecule has 1 heterocycles. The van der Waals surface area contributed by atoms with Gasteiger partial charge < -0.3 is 4.74 Å². The molecule has 0 radical (unpaired) electrons. The maximum absolute atomic E-state index is 12.6. The first kappa shape index (κ1) is 15.6. The number of rotatable bonds is 3. The number of fused-ring (bicyclic) bond motifs is 1.